The van der Waals surface area contributed by atoms with Crippen LogP contribution in [0, 0.1) is 17.3 Å². The Bertz CT molecular complexity index is 453. The van der Waals surface area contributed by atoms with E-state index in [0.717, 1.165) is 38.5 Å². The molecule has 1 heterocycles. The van der Waals surface area contributed by atoms with Gasteiger partial charge in [-0.25, -0.2) is 0 Å². The van der Waals surface area contributed by atoms with Crippen LogP contribution in [-0.4, -0.2) is 28.8 Å². The van der Waals surface area contributed by atoms with Crippen molar-refractivity contribution in [1.82, 2.24) is 4.90 Å². The fourth-order valence-corrected chi connectivity index (χ4v) is 4.34. The van der Waals surface area contributed by atoms with Gasteiger partial charge in [0.15, 0.2) is 0 Å². The highest BCUT2D eigenvalue weighted by Crippen LogP contribution is 2.51. The second kappa shape index (κ2) is 4.61. The van der Waals surface area contributed by atoms with Crippen LogP contribution < -0.4 is 5.73 Å². The molecule has 1 saturated heterocycles. The van der Waals surface area contributed by atoms with Crippen molar-refractivity contribution in [2.75, 3.05) is 0 Å². The summed E-state index contributed by atoms with van der Waals surface area (Å²) < 4.78 is 0. The molecule has 2 saturated carbocycles. The third kappa shape index (κ3) is 1.88. The molecule has 1 aliphatic heterocycles. The number of piperidine rings is 1. The number of nitrogens with two attached hydrogens (primary N) is 1. The second-order valence-electron chi connectivity index (χ2n) is 6.83. The van der Waals surface area contributed by atoms with Crippen LogP contribution in [0.4, 0.5) is 0 Å². The van der Waals surface area contributed by atoms with Crippen LogP contribution in [0.5, 0.6) is 0 Å². The Morgan fingerprint density at radius 1 is 1.35 bits per heavy atom. The van der Waals surface area contributed by atoms with Crippen molar-refractivity contribution in [1.29, 1.82) is 0 Å². The summed E-state index contributed by atoms with van der Waals surface area (Å²) in [6.45, 7) is 5.97. The Morgan fingerprint density at radius 2 is 2.00 bits per heavy atom. The van der Waals surface area contributed by atoms with Crippen molar-refractivity contribution in [3.63, 3.8) is 0 Å². The van der Waals surface area contributed by atoms with E-state index in [9.17, 15) is 9.59 Å². The predicted molar refractivity (Wildman–Crippen MR) is 76.6 cm³/mol. The number of nitrogens with zero attached hydrogens (tertiary/aromatic N) is 1. The first-order valence-corrected chi connectivity index (χ1v) is 7.75. The van der Waals surface area contributed by atoms with Crippen LogP contribution in [0.3, 0.4) is 0 Å². The van der Waals surface area contributed by atoms with Gasteiger partial charge in [-0.05, 0) is 37.0 Å². The van der Waals surface area contributed by atoms with Crippen LogP contribution in [-0.2, 0) is 9.59 Å². The summed E-state index contributed by atoms with van der Waals surface area (Å²) in [4.78, 5) is 26.3. The maximum atomic E-state index is 12.9. The third-order valence-electron chi connectivity index (χ3n) is 5.86. The van der Waals surface area contributed by atoms with Crippen molar-refractivity contribution in [3.05, 3.63) is 12.7 Å². The van der Waals surface area contributed by atoms with E-state index in [1.165, 1.54) is 0 Å². The predicted octanol–water partition coefficient (Wildman–Crippen LogP) is 1.84. The van der Waals surface area contributed by atoms with Crippen molar-refractivity contribution < 1.29 is 9.59 Å². The number of likely N-dealkylation sites (tertiary alicyclic amines) is 1. The smallest absolute Gasteiger partial charge is 0.240 e. The molecule has 3 rings (SSSR count). The molecule has 20 heavy (non-hydrogen) atoms. The van der Waals surface area contributed by atoms with E-state index >= 15 is 0 Å². The number of amides is 2. The van der Waals surface area contributed by atoms with E-state index in [4.69, 9.17) is 5.73 Å². The Hall–Kier alpha value is -1.32. The third-order valence-corrected chi connectivity index (χ3v) is 5.86. The number of allylic oxidation sites excluding steroid dienone is 1. The SMILES string of the molecule is C=CC1([C@H](C)C(=O)N2C(C(N)=O)CC3CC32)CCCC1. The average Bonchev–Trinajstić information content (AvgIpc) is 2.91. The topological polar surface area (TPSA) is 63.4 Å². The molecule has 2 amide bonds. The van der Waals surface area contributed by atoms with Gasteiger partial charge in [0.05, 0.1) is 0 Å². The summed E-state index contributed by atoms with van der Waals surface area (Å²) in [5.41, 5.74) is 5.40. The maximum absolute atomic E-state index is 12.9. The lowest BCUT2D eigenvalue weighted by Gasteiger charge is -2.36. The minimum atomic E-state index is -0.378. The first kappa shape index (κ1) is 13.7. The Morgan fingerprint density at radius 3 is 2.55 bits per heavy atom. The minimum absolute atomic E-state index is 0.0771. The molecule has 4 heteroatoms. The Kier molecular flexibility index (Phi) is 3.14. The number of hydrogen-bond donors (Lipinski definition) is 1. The van der Waals surface area contributed by atoms with Gasteiger partial charge in [0.1, 0.15) is 6.04 Å². The van der Waals surface area contributed by atoms with Gasteiger partial charge in [-0.2, -0.15) is 0 Å². The van der Waals surface area contributed by atoms with Crippen molar-refractivity contribution in [2.24, 2.45) is 23.0 Å². The summed E-state index contributed by atoms with van der Waals surface area (Å²) in [5, 5.41) is 0. The number of carbonyl (C=O) groups is 2. The van der Waals surface area contributed by atoms with E-state index in [1.807, 2.05) is 13.0 Å². The molecular weight excluding hydrogens is 252 g/mol. The molecule has 0 radical (unpaired) electrons. The zero-order valence-electron chi connectivity index (χ0n) is 12.2. The van der Waals surface area contributed by atoms with E-state index in [2.05, 4.69) is 6.58 Å². The normalized spacial score (nSPS) is 35.5. The summed E-state index contributed by atoms with van der Waals surface area (Å²) in [7, 11) is 0. The number of primary amides is 1. The first-order valence-electron chi connectivity index (χ1n) is 7.75. The standard InChI is InChI=1S/C16H24N2O2/c1-3-16(6-4-5-7-16)10(2)15(20)18-12-8-11(12)9-13(18)14(17)19/h3,10-13H,1,4-9H2,2H3,(H2,17,19)/t10-,11?,12?,13?/m1/s1. The highest BCUT2D eigenvalue weighted by Gasteiger charge is 2.57. The molecule has 3 fully saturated rings. The molecule has 3 aliphatic rings. The van der Waals surface area contributed by atoms with Gasteiger partial charge in [-0.1, -0.05) is 25.8 Å². The molecular formula is C16H24N2O2. The van der Waals surface area contributed by atoms with Crippen LogP contribution in [0.1, 0.15) is 45.4 Å². The first-order chi connectivity index (χ1) is 9.50. The molecule has 4 atom stereocenters. The molecule has 2 N–H and O–H groups in total. The molecule has 4 nitrogen and oxygen atoms in total. The fourth-order valence-electron chi connectivity index (χ4n) is 4.34. The molecule has 0 aromatic heterocycles. The van der Waals surface area contributed by atoms with Crippen LogP contribution in [0.15, 0.2) is 12.7 Å². The van der Waals surface area contributed by atoms with Crippen LogP contribution in [0.2, 0.25) is 0 Å². The summed E-state index contributed by atoms with van der Waals surface area (Å²) in [5.74, 6) is 0.174. The minimum Gasteiger partial charge on any atom is -0.368 e. The lowest BCUT2D eigenvalue weighted by Crippen LogP contribution is -2.50. The highest BCUT2D eigenvalue weighted by molar-refractivity contribution is 5.89. The van der Waals surface area contributed by atoms with Gasteiger partial charge in [0.2, 0.25) is 11.8 Å². The molecule has 0 spiro atoms. The van der Waals surface area contributed by atoms with Crippen molar-refractivity contribution in [2.45, 2.75) is 57.5 Å². The van der Waals surface area contributed by atoms with E-state index in [1.54, 1.807) is 4.90 Å². The average molecular weight is 276 g/mol. The number of rotatable bonds is 4. The number of fused-ring (bicyclic) bond motifs is 1. The van der Waals surface area contributed by atoms with Gasteiger partial charge in [-0.15, -0.1) is 6.58 Å². The lowest BCUT2D eigenvalue weighted by atomic mass is 9.74. The van der Waals surface area contributed by atoms with Crippen molar-refractivity contribution >= 4 is 11.8 Å². The molecule has 0 aromatic carbocycles. The maximum Gasteiger partial charge on any atom is 0.240 e. The number of carbonyl (C=O) groups excluding carboxylic acids is 2. The van der Waals surface area contributed by atoms with Gasteiger partial charge in [0.25, 0.3) is 0 Å². The molecule has 2 aliphatic carbocycles. The van der Waals surface area contributed by atoms with Crippen LogP contribution >= 0.6 is 0 Å². The molecule has 0 bridgehead atoms. The molecule has 3 unspecified atom stereocenters. The highest BCUT2D eigenvalue weighted by atomic mass is 16.2. The zero-order chi connectivity index (χ0) is 14.5. The van der Waals surface area contributed by atoms with Gasteiger partial charge in [-0.3, -0.25) is 9.59 Å². The van der Waals surface area contributed by atoms with Crippen LogP contribution in [0.25, 0.3) is 0 Å². The summed E-state index contributed by atoms with van der Waals surface area (Å²) in [6, 6.07) is -0.109. The summed E-state index contributed by atoms with van der Waals surface area (Å²) >= 11 is 0. The fraction of sp³-hybridized carbons (Fsp3) is 0.750. The Labute approximate surface area is 120 Å². The number of hydrogen-bond acceptors (Lipinski definition) is 2. The quantitative estimate of drug-likeness (QED) is 0.796. The van der Waals surface area contributed by atoms with E-state index in [-0.39, 0.29) is 35.2 Å². The van der Waals surface area contributed by atoms with Gasteiger partial charge in [0, 0.05) is 12.0 Å². The largest absolute Gasteiger partial charge is 0.368 e. The van der Waals surface area contributed by atoms with E-state index in [0.29, 0.717) is 5.92 Å². The van der Waals surface area contributed by atoms with E-state index < -0.39 is 0 Å². The molecule has 0 aromatic rings. The Balaban J connectivity index is 1.81. The monoisotopic (exact) mass is 276 g/mol. The molecule has 110 valence electrons. The van der Waals surface area contributed by atoms with Gasteiger partial charge < -0.3 is 10.6 Å². The summed E-state index contributed by atoms with van der Waals surface area (Å²) in [6.07, 6.45) is 8.17. The van der Waals surface area contributed by atoms with Gasteiger partial charge >= 0.3 is 0 Å². The zero-order valence-corrected chi connectivity index (χ0v) is 12.2. The lowest BCUT2D eigenvalue weighted by molar-refractivity contribution is -0.144. The second-order valence-corrected chi connectivity index (χ2v) is 6.83. The van der Waals surface area contributed by atoms with Crippen molar-refractivity contribution in [3.8, 4) is 0 Å².